The van der Waals surface area contributed by atoms with Gasteiger partial charge in [0.25, 0.3) is 0 Å². The third-order valence-electron chi connectivity index (χ3n) is 17.7. The fourth-order valence-electron chi connectivity index (χ4n) is 12.3. The lowest BCUT2D eigenvalue weighted by Crippen LogP contribution is -2.61. The molecule has 26 heteroatoms. The van der Waals surface area contributed by atoms with Crippen molar-refractivity contribution in [3.05, 3.63) is 65.9 Å². The number of halogens is 3. The van der Waals surface area contributed by atoms with E-state index in [4.69, 9.17) is 33.3 Å². The van der Waals surface area contributed by atoms with Crippen molar-refractivity contribution in [3.63, 3.8) is 0 Å². The average Bonchev–Trinajstić information content (AvgIpc) is 1.81. The van der Waals surface area contributed by atoms with Gasteiger partial charge in [-0.3, -0.25) is 9.59 Å². The number of aromatic nitrogens is 2. The molecule has 1 amide bonds. The van der Waals surface area contributed by atoms with E-state index in [0.717, 1.165) is 16.3 Å². The molecule has 3 fully saturated rings. The lowest BCUT2D eigenvalue weighted by atomic mass is 9.73. The van der Waals surface area contributed by atoms with Gasteiger partial charge in [-0.05, 0) is 131 Å². The molecule has 88 heavy (non-hydrogen) atoms. The first-order valence-electron chi connectivity index (χ1n) is 30.4. The highest BCUT2D eigenvalue weighted by Crippen LogP contribution is 2.42. The van der Waals surface area contributed by atoms with Gasteiger partial charge in [0.05, 0.1) is 76.2 Å². The summed E-state index contributed by atoms with van der Waals surface area (Å²) in [5, 5.41) is 71.2. The minimum absolute atomic E-state index is 0.0485. The molecule has 3 aromatic rings. The number of nitrogens with one attached hydrogen (secondary N) is 2. The van der Waals surface area contributed by atoms with Gasteiger partial charge in [0.2, 0.25) is 15.9 Å². The molecule has 496 valence electrons. The first-order valence-corrected chi connectivity index (χ1v) is 31.9. The van der Waals surface area contributed by atoms with Gasteiger partial charge < -0.3 is 69.0 Å². The normalized spacial score (nSPS) is 34.5. The number of alkyl halides is 3. The maximum Gasteiger partial charge on any atom is 0.435 e. The molecule has 0 spiro atoms. The highest BCUT2D eigenvalue weighted by atomic mass is 32.2. The number of benzene rings is 2. The predicted octanol–water partition coefficient (Wildman–Crippen LogP) is 6.42. The minimum atomic E-state index is -4.72. The Hall–Kier alpha value is -4.68. The molecule has 0 aliphatic carbocycles. The molecular weight excluding hydrogens is 1170 g/mol. The van der Waals surface area contributed by atoms with Crippen molar-refractivity contribution in [2.24, 2.45) is 28.8 Å². The van der Waals surface area contributed by atoms with E-state index in [-0.39, 0.29) is 66.5 Å². The quantitative estimate of drug-likeness (QED) is 0.0344. The van der Waals surface area contributed by atoms with E-state index < -0.39 is 136 Å². The van der Waals surface area contributed by atoms with Crippen LogP contribution in [0.5, 0.6) is 0 Å². The molecule has 22 nitrogen and oxygen atoms in total. The zero-order chi connectivity index (χ0) is 65.4. The molecule has 0 radical (unpaired) electrons. The number of amides is 1. The van der Waals surface area contributed by atoms with Crippen LogP contribution in [0.15, 0.2) is 64.6 Å². The number of ether oxygens (including phenoxy) is 6. The largest absolute Gasteiger partial charge is 0.459 e. The van der Waals surface area contributed by atoms with E-state index in [1.54, 1.807) is 79.7 Å². The van der Waals surface area contributed by atoms with Crippen LogP contribution in [0.4, 0.5) is 13.2 Å². The fourth-order valence-corrected chi connectivity index (χ4v) is 13.3. The van der Waals surface area contributed by atoms with Gasteiger partial charge in [0, 0.05) is 49.4 Å². The number of aliphatic hydroxyl groups excluding tert-OH is 3. The van der Waals surface area contributed by atoms with Crippen LogP contribution in [0, 0.1) is 30.6 Å². The SMILES string of the molecule is CC[C@H]1OC(=O)[C@H](C)[C@@H](O[C@H]2C[C@@](C)(OC)[C@@H](O)[C@H](C)O2)[C@H](C)C(O[C@@H]2O[C@H](C)C[C@H](N(C)C)[C@H]2O)[C@](C)(O)C[C@@H](C)C(=NOCCCCCCNC(=O)CNS(=O)(=O)c2ccc(-n3nc(C(F)(F)F)cc3-c3ccc(C)cc3)cc2)[C@H](C)[C@@H](O)[C@]1(C)O. The second-order valence-corrected chi connectivity index (χ2v) is 27.0. The summed E-state index contributed by atoms with van der Waals surface area (Å²) >= 11 is 0. The Balaban J connectivity index is 1.12. The zero-order valence-corrected chi connectivity index (χ0v) is 54.0. The first-order chi connectivity index (χ1) is 41.1. The molecule has 18 atom stereocenters. The molecule has 3 saturated heterocycles. The molecule has 0 bridgehead atoms. The van der Waals surface area contributed by atoms with E-state index in [9.17, 15) is 56.7 Å². The topological polar surface area (TPSA) is 292 Å². The Bertz CT molecular complexity index is 2900. The van der Waals surface area contributed by atoms with Crippen molar-refractivity contribution in [2.45, 2.75) is 223 Å². The number of hydrogen-bond donors (Lipinski definition) is 7. The first kappa shape index (κ1) is 72.4. The third-order valence-corrected chi connectivity index (χ3v) is 19.1. The maximum atomic E-state index is 14.6. The van der Waals surface area contributed by atoms with Crippen LogP contribution in [-0.4, -0.2) is 191 Å². The van der Waals surface area contributed by atoms with Crippen molar-refractivity contribution >= 4 is 27.6 Å². The smallest absolute Gasteiger partial charge is 0.435 e. The van der Waals surface area contributed by atoms with Gasteiger partial charge in [-0.2, -0.15) is 18.3 Å². The van der Waals surface area contributed by atoms with Gasteiger partial charge in [-0.1, -0.05) is 69.1 Å². The standard InChI is InChI=1S/C62H95F3N6O16S/c1-15-48-61(11,78)54(74)38(5)51(69-82-29-19-17-16-18-28-66-49(72)34-67-88(79,80)44-26-24-43(25-27-44)71-45(31-47(68-71)62(63,64)65)42-22-20-35(2)21-23-42)36(3)32-59(9,77)56(87-58-52(73)46(70(12)13)30-37(4)83-58)39(6)53(40(7)57(76)85-48)86-50-33-60(10,81-14)55(75)41(8)84-50/h20-27,31,36-41,46,48,50,52-56,58,67,73-75,77-78H,15-19,28-30,32-34H2,1-14H3,(H,66,72)/t36-,37-,38+,39+,40-,41+,46+,48-,50+,52-,53+,54-,55+,56?,58+,59-,60-,61-/m1/s1. The number of oxime groups is 1. The fraction of sp³-hybridized carbons (Fsp3) is 0.710. The molecule has 2 aromatic carbocycles. The van der Waals surface area contributed by atoms with Crippen LogP contribution >= 0.6 is 0 Å². The Kier molecular flexibility index (Phi) is 24.8. The lowest BCUT2D eigenvalue weighted by molar-refractivity contribution is -0.317. The number of hydrogen-bond acceptors (Lipinski definition) is 19. The van der Waals surface area contributed by atoms with Crippen molar-refractivity contribution in [3.8, 4) is 16.9 Å². The average molecular weight is 1270 g/mol. The van der Waals surface area contributed by atoms with Gasteiger partial charge in [0.15, 0.2) is 18.3 Å². The van der Waals surface area contributed by atoms with Crippen LogP contribution in [-0.2, 0) is 59.0 Å². The van der Waals surface area contributed by atoms with Crippen molar-refractivity contribution < 1.29 is 90.0 Å². The molecule has 4 heterocycles. The number of unbranched alkanes of at least 4 members (excludes halogenated alkanes) is 3. The van der Waals surface area contributed by atoms with E-state index in [2.05, 4.69) is 20.3 Å². The van der Waals surface area contributed by atoms with Gasteiger partial charge in [-0.15, -0.1) is 0 Å². The van der Waals surface area contributed by atoms with E-state index in [1.165, 1.54) is 38.3 Å². The molecule has 1 aromatic heterocycles. The highest BCUT2D eigenvalue weighted by molar-refractivity contribution is 7.89. The molecule has 1 unspecified atom stereocenters. The van der Waals surface area contributed by atoms with Crippen LogP contribution in [0.2, 0.25) is 0 Å². The summed E-state index contributed by atoms with van der Waals surface area (Å²) in [7, 11) is 0.938. The highest BCUT2D eigenvalue weighted by Gasteiger charge is 2.54. The van der Waals surface area contributed by atoms with Gasteiger partial charge in [-0.25, -0.2) is 17.8 Å². The minimum Gasteiger partial charge on any atom is -0.459 e. The van der Waals surface area contributed by atoms with Crippen molar-refractivity contribution in [1.82, 2.24) is 24.7 Å². The summed E-state index contributed by atoms with van der Waals surface area (Å²) in [5.41, 5.74) is -4.11. The number of carbonyl (C=O) groups is 2. The molecule has 6 rings (SSSR count). The summed E-state index contributed by atoms with van der Waals surface area (Å²) in [6.07, 6.45) is -12.7. The van der Waals surface area contributed by atoms with E-state index in [1.807, 2.05) is 32.8 Å². The molecule has 0 saturated carbocycles. The number of esters is 1. The van der Waals surface area contributed by atoms with Crippen LogP contribution < -0.4 is 10.0 Å². The monoisotopic (exact) mass is 1270 g/mol. The van der Waals surface area contributed by atoms with E-state index >= 15 is 0 Å². The maximum absolute atomic E-state index is 14.6. The zero-order valence-electron chi connectivity index (χ0n) is 53.2. The summed E-state index contributed by atoms with van der Waals surface area (Å²) in [6.45, 7) is 18.3. The Morgan fingerprint density at radius 2 is 1.55 bits per heavy atom. The lowest BCUT2D eigenvalue weighted by Gasteiger charge is -2.49. The number of aliphatic hydroxyl groups is 5. The second-order valence-electron chi connectivity index (χ2n) is 25.2. The van der Waals surface area contributed by atoms with Crippen LogP contribution in [0.1, 0.15) is 132 Å². The summed E-state index contributed by atoms with van der Waals surface area (Å²) in [5.74, 6) is -5.04. The molecule has 3 aliphatic heterocycles. The summed E-state index contributed by atoms with van der Waals surface area (Å²) < 4.78 is 109. The Labute approximate surface area is 515 Å². The number of cyclic esters (lactones) is 1. The number of nitrogens with zero attached hydrogens (tertiary/aromatic N) is 4. The number of likely N-dealkylation sites (N-methyl/N-ethyl adjacent to an activating group) is 1. The summed E-state index contributed by atoms with van der Waals surface area (Å²) in [4.78, 5) is 34.9. The predicted molar refractivity (Wildman–Crippen MR) is 320 cm³/mol. The van der Waals surface area contributed by atoms with Gasteiger partial charge in [0.1, 0.15) is 30.5 Å². The Morgan fingerprint density at radius 1 is 0.898 bits per heavy atom. The summed E-state index contributed by atoms with van der Waals surface area (Å²) in [6, 6.07) is 12.5. The number of methoxy groups -OCH3 is 1. The number of carbonyl (C=O) groups excluding carboxylic acids is 2. The number of rotatable bonds is 21. The third kappa shape index (κ3) is 17.7. The van der Waals surface area contributed by atoms with Crippen molar-refractivity contribution in [1.29, 1.82) is 0 Å². The van der Waals surface area contributed by atoms with Crippen LogP contribution in [0.3, 0.4) is 0 Å². The second kappa shape index (κ2) is 30.2. The van der Waals surface area contributed by atoms with E-state index in [0.29, 0.717) is 37.7 Å². The molecular formula is C62H95F3N6O16S. The molecule has 7 N–H and O–H groups in total. The Morgan fingerprint density at radius 3 is 2.16 bits per heavy atom. The molecule has 3 aliphatic rings. The van der Waals surface area contributed by atoms with Gasteiger partial charge >= 0.3 is 12.1 Å². The van der Waals surface area contributed by atoms with Crippen LogP contribution in [0.25, 0.3) is 16.9 Å². The number of aryl methyl sites for hydroxylation is 1. The number of sulfonamides is 1. The van der Waals surface area contributed by atoms with Crippen molar-refractivity contribution in [2.75, 3.05) is 40.9 Å².